The number of hydrogen-bond acceptors (Lipinski definition) is 6. The number of fused-ring (bicyclic) bond motifs is 1. The lowest BCUT2D eigenvalue weighted by Gasteiger charge is -2.20. The predicted octanol–water partition coefficient (Wildman–Crippen LogP) is 2.21. The van der Waals surface area contributed by atoms with E-state index in [1.807, 2.05) is 0 Å². The van der Waals surface area contributed by atoms with Gasteiger partial charge in [-0.3, -0.25) is 4.79 Å². The van der Waals surface area contributed by atoms with Gasteiger partial charge in [-0.1, -0.05) is 0 Å². The molecule has 0 saturated heterocycles. The fraction of sp³-hybridized carbons (Fsp3) is 0.375. The van der Waals surface area contributed by atoms with Crippen LogP contribution in [0.2, 0.25) is 0 Å². The highest BCUT2D eigenvalue weighted by atomic mass is 16.5. The smallest absolute Gasteiger partial charge is 0.373 e. The maximum Gasteiger partial charge on any atom is 0.373 e. The maximum atomic E-state index is 12.5. The quantitative estimate of drug-likeness (QED) is 0.522. The number of carbonyl (C=O) groups is 2. The van der Waals surface area contributed by atoms with Gasteiger partial charge in [0.1, 0.15) is 0 Å². The number of aliphatic hydroxyl groups is 1. The third kappa shape index (κ3) is 2.77. The molecule has 0 spiro atoms. The molecule has 0 saturated carbocycles. The number of hydrogen-bond donors (Lipinski definition) is 1. The molecule has 6 nitrogen and oxygen atoms in total. The molecule has 1 aromatic carbocycles. The Labute approximate surface area is 128 Å². The van der Waals surface area contributed by atoms with Crippen molar-refractivity contribution >= 4 is 11.8 Å². The highest BCUT2D eigenvalue weighted by Gasteiger charge is 2.29. The van der Waals surface area contributed by atoms with Gasteiger partial charge >= 0.3 is 5.97 Å². The first-order valence-corrected chi connectivity index (χ1v) is 6.92. The van der Waals surface area contributed by atoms with Crippen LogP contribution in [0.15, 0.2) is 23.5 Å². The van der Waals surface area contributed by atoms with Crippen molar-refractivity contribution in [2.24, 2.45) is 0 Å². The van der Waals surface area contributed by atoms with Crippen molar-refractivity contribution in [3.8, 4) is 11.5 Å². The average molecular weight is 306 g/mol. The SMILES string of the molecule is CCOC(=O)/C(O)=C1\CCc2cc(OC)c(OC)cc2C1=O. The summed E-state index contributed by atoms with van der Waals surface area (Å²) in [6.07, 6.45) is 0.784. The number of methoxy groups -OCH3 is 2. The first kappa shape index (κ1) is 15.9. The molecule has 0 atom stereocenters. The van der Waals surface area contributed by atoms with Crippen molar-refractivity contribution in [1.29, 1.82) is 0 Å². The highest BCUT2D eigenvalue weighted by molar-refractivity contribution is 6.14. The van der Waals surface area contributed by atoms with Crippen LogP contribution in [0.25, 0.3) is 0 Å². The topological polar surface area (TPSA) is 82.1 Å². The van der Waals surface area contributed by atoms with Crippen LogP contribution in [0.1, 0.15) is 29.3 Å². The minimum Gasteiger partial charge on any atom is -0.502 e. The summed E-state index contributed by atoms with van der Waals surface area (Å²) in [4.78, 5) is 24.1. The van der Waals surface area contributed by atoms with E-state index >= 15 is 0 Å². The minimum absolute atomic E-state index is 0.0677. The van der Waals surface area contributed by atoms with Crippen LogP contribution in [0.4, 0.5) is 0 Å². The Morgan fingerprint density at radius 1 is 1.18 bits per heavy atom. The molecule has 2 rings (SSSR count). The molecule has 0 aromatic heterocycles. The van der Waals surface area contributed by atoms with E-state index in [2.05, 4.69) is 0 Å². The van der Waals surface area contributed by atoms with Crippen molar-refractivity contribution in [2.75, 3.05) is 20.8 Å². The second kappa shape index (κ2) is 6.51. The van der Waals surface area contributed by atoms with Gasteiger partial charge in [0.2, 0.25) is 5.76 Å². The van der Waals surface area contributed by atoms with Gasteiger partial charge in [-0.25, -0.2) is 4.79 Å². The predicted molar refractivity (Wildman–Crippen MR) is 78.5 cm³/mol. The summed E-state index contributed by atoms with van der Waals surface area (Å²) < 4.78 is 15.1. The van der Waals surface area contributed by atoms with Gasteiger partial charge in [0.05, 0.1) is 20.8 Å². The van der Waals surface area contributed by atoms with Crippen molar-refractivity contribution in [1.82, 2.24) is 0 Å². The number of aryl methyl sites for hydroxylation is 1. The second-order valence-electron chi connectivity index (χ2n) is 4.74. The number of allylic oxidation sites excluding steroid dienone is 1. The largest absolute Gasteiger partial charge is 0.502 e. The molecule has 0 radical (unpaired) electrons. The number of ether oxygens (including phenoxy) is 3. The number of Topliss-reactive ketones (excluding diaryl/α,β-unsaturated/α-hetero) is 1. The Balaban J connectivity index is 2.45. The molecule has 1 aliphatic carbocycles. The Morgan fingerprint density at radius 3 is 2.41 bits per heavy atom. The fourth-order valence-electron chi connectivity index (χ4n) is 2.42. The Bertz CT molecular complexity index is 644. The molecule has 0 fully saturated rings. The van der Waals surface area contributed by atoms with Gasteiger partial charge in [-0.05, 0) is 37.5 Å². The Kier molecular flexibility index (Phi) is 4.70. The summed E-state index contributed by atoms with van der Waals surface area (Å²) in [5, 5.41) is 9.93. The monoisotopic (exact) mass is 306 g/mol. The van der Waals surface area contributed by atoms with Gasteiger partial charge in [0.25, 0.3) is 0 Å². The lowest BCUT2D eigenvalue weighted by Crippen LogP contribution is -2.20. The molecule has 0 amide bonds. The summed E-state index contributed by atoms with van der Waals surface area (Å²) in [5.74, 6) is -0.933. The molecular weight excluding hydrogens is 288 g/mol. The Morgan fingerprint density at radius 2 is 1.82 bits per heavy atom. The summed E-state index contributed by atoms with van der Waals surface area (Å²) >= 11 is 0. The molecule has 1 N–H and O–H groups in total. The summed E-state index contributed by atoms with van der Waals surface area (Å²) in [6.45, 7) is 1.76. The first-order chi connectivity index (χ1) is 10.5. The third-order valence-corrected chi connectivity index (χ3v) is 3.53. The maximum absolute atomic E-state index is 12.5. The molecule has 22 heavy (non-hydrogen) atoms. The summed E-state index contributed by atoms with van der Waals surface area (Å²) in [6, 6.07) is 3.30. The lowest BCUT2D eigenvalue weighted by atomic mass is 9.85. The van der Waals surface area contributed by atoms with Crippen molar-refractivity contribution in [3.63, 3.8) is 0 Å². The number of aliphatic hydroxyl groups excluding tert-OH is 1. The second-order valence-corrected chi connectivity index (χ2v) is 4.74. The highest BCUT2D eigenvalue weighted by Crippen LogP contribution is 2.36. The zero-order valence-corrected chi connectivity index (χ0v) is 12.8. The van der Waals surface area contributed by atoms with E-state index in [1.54, 1.807) is 19.1 Å². The van der Waals surface area contributed by atoms with Crippen LogP contribution in [0.5, 0.6) is 11.5 Å². The molecule has 118 valence electrons. The molecular formula is C16H18O6. The van der Waals surface area contributed by atoms with E-state index in [4.69, 9.17) is 14.2 Å². The fourth-order valence-corrected chi connectivity index (χ4v) is 2.42. The minimum atomic E-state index is -0.880. The van der Waals surface area contributed by atoms with Gasteiger partial charge in [0, 0.05) is 11.1 Å². The molecule has 0 unspecified atom stereocenters. The van der Waals surface area contributed by atoms with Gasteiger partial charge in [-0.15, -0.1) is 0 Å². The van der Waals surface area contributed by atoms with Crippen LogP contribution < -0.4 is 9.47 Å². The molecule has 0 aliphatic heterocycles. The molecule has 6 heteroatoms. The summed E-state index contributed by atoms with van der Waals surface area (Å²) in [5.41, 5.74) is 1.26. The van der Waals surface area contributed by atoms with Crippen molar-refractivity contribution in [2.45, 2.75) is 19.8 Å². The van der Waals surface area contributed by atoms with E-state index in [-0.39, 0.29) is 18.6 Å². The van der Waals surface area contributed by atoms with Gasteiger partial charge in [0.15, 0.2) is 17.3 Å². The van der Waals surface area contributed by atoms with Gasteiger partial charge in [-0.2, -0.15) is 0 Å². The van der Waals surface area contributed by atoms with Crippen LogP contribution in [0.3, 0.4) is 0 Å². The summed E-state index contributed by atoms with van der Waals surface area (Å²) in [7, 11) is 3.00. The number of benzene rings is 1. The van der Waals surface area contributed by atoms with E-state index in [0.29, 0.717) is 23.5 Å². The number of rotatable bonds is 4. The van der Waals surface area contributed by atoms with Crippen LogP contribution >= 0.6 is 0 Å². The van der Waals surface area contributed by atoms with Crippen molar-refractivity contribution < 1.29 is 28.9 Å². The number of carbonyl (C=O) groups excluding carboxylic acids is 2. The molecule has 0 heterocycles. The van der Waals surface area contributed by atoms with Crippen LogP contribution in [-0.4, -0.2) is 37.7 Å². The zero-order valence-electron chi connectivity index (χ0n) is 12.8. The van der Waals surface area contributed by atoms with E-state index in [1.165, 1.54) is 14.2 Å². The standard InChI is InChI=1S/C16H18O6/c1-4-22-16(19)15(18)10-6-5-9-7-12(20-2)13(21-3)8-11(9)14(10)17/h7-8,18H,4-6H2,1-3H3/b15-10-. The zero-order chi connectivity index (χ0) is 16.3. The average Bonchev–Trinajstić information content (AvgIpc) is 2.53. The van der Waals surface area contributed by atoms with Gasteiger partial charge < -0.3 is 19.3 Å². The van der Waals surface area contributed by atoms with Crippen molar-refractivity contribution in [3.05, 3.63) is 34.6 Å². The molecule has 1 aliphatic rings. The van der Waals surface area contributed by atoms with E-state index in [0.717, 1.165) is 5.56 Å². The van der Waals surface area contributed by atoms with Crippen LogP contribution in [-0.2, 0) is 16.0 Å². The van der Waals surface area contributed by atoms with E-state index in [9.17, 15) is 14.7 Å². The number of esters is 1. The number of ketones is 1. The lowest BCUT2D eigenvalue weighted by molar-refractivity contribution is -0.141. The normalized spacial score (nSPS) is 15.9. The molecule has 0 bridgehead atoms. The van der Waals surface area contributed by atoms with Crippen LogP contribution in [0, 0.1) is 0 Å². The Hall–Kier alpha value is -2.50. The first-order valence-electron chi connectivity index (χ1n) is 6.92. The molecule has 1 aromatic rings. The third-order valence-electron chi connectivity index (χ3n) is 3.53. The van der Waals surface area contributed by atoms with E-state index < -0.39 is 17.5 Å².